The summed E-state index contributed by atoms with van der Waals surface area (Å²) in [6, 6.07) is 0. The standard InChI is InChI=1S/C11H20O4S/c1-11-4-3-9(7-10(11)15-11)8-14-5-6-16(2,12)13/h9-10H,3-8H2,1-2H3. The van der Waals surface area contributed by atoms with Gasteiger partial charge in [0.2, 0.25) is 0 Å². The third-order valence-electron chi connectivity index (χ3n) is 3.58. The maximum atomic E-state index is 10.9. The van der Waals surface area contributed by atoms with E-state index in [1.807, 2.05) is 0 Å². The fraction of sp³-hybridized carbons (Fsp3) is 1.00. The molecule has 1 saturated carbocycles. The van der Waals surface area contributed by atoms with Crippen molar-refractivity contribution in [2.45, 2.75) is 37.9 Å². The molecule has 1 aliphatic heterocycles. The highest BCUT2D eigenvalue weighted by Crippen LogP contribution is 2.49. The van der Waals surface area contributed by atoms with Crippen molar-refractivity contribution in [2.75, 3.05) is 25.2 Å². The minimum atomic E-state index is -2.89. The minimum Gasteiger partial charge on any atom is -0.380 e. The lowest BCUT2D eigenvalue weighted by atomic mass is 9.83. The number of hydrogen-bond acceptors (Lipinski definition) is 4. The van der Waals surface area contributed by atoms with E-state index in [9.17, 15) is 8.42 Å². The summed E-state index contributed by atoms with van der Waals surface area (Å²) in [7, 11) is -2.89. The van der Waals surface area contributed by atoms with Crippen molar-refractivity contribution in [1.29, 1.82) is 0 Å². The van der Waals surface area contributed by atoms with Gasteiger partial charge >= 0.3 is 0 Å². The summed E-state index contributed by atoms with van der Waals surface area (Å²) in [5.74, 6) is 0.664. The summed E-state index contributed by atoms with van der Waals surface area (Å²) in [4.78, 5) is 0. The highest BCUT2D eigenvalue weighted by molar-refractivity contribution is 7.90. The zero-order chi connectivity index (χ0) is 11.8. The van der Waals surface area contributed by atoms with E-state index in [0.717, 1.165) is 19.3 Å². The molecule has 5 heteroatoms. The van der Waals surface area contributed by atoms with E-state index in [4.69, 9.17) is 9.47 Å². The van der Waals surface area contributed by atoms with Gasteiger partial charge < -0.3 is 9.47 Å². The molecule has 3 atom stereocenters. The molecule has 2 aliphatic rings. The van der Waals surface area contributed by atoms with Crippen LogP contribution in [0.25, 0.3) is 0 Å². The van der Waals surface area contributed by atoms with Crippen molar-refractivity contribution in [3.8, 4) is 0 Å². The van der Waals surface area contributed by atoms with E-state index in [-0.39, 0.29) is 11.4 Å². The van der Waals surface area contributed by atoms with E-state index >= 15 is 0 Å². The van der Waals surface area contributed by atoms with Crippen LogP contribution in [0.4, 0.5) is 0 Å². The van der Waals surface area contributed by atoms with Crippen LogP contribution in [-0.2, 0) is 19.3 Å². The largest absolute Gasteiger partial charge is 0.380 e. The Kier molecular flexibility index (Phi) is 3.29. The van der Waals surface area contributed by atoms with Gasteiger partial charge in [0.25, 0.3) is 0 Å². The Labute approximate surface area is 97.2 Å². The lowest BCUT2D eigenvalue weighted by molar-refractivity contribution is 0.0969. The molecule has 3 unspecified atom stereocenters. The SMILES string of the molecule is CC12CCC(COCCS(C)(=O)=O)CC1O2. The summed E-state index contributed by atoms with van der Waals surface area (Å²) < 4.78 is 32.8. The second-order valence-electron chi connectivity index (χ2n) is 5.26. The average molecular weight is 248 g/mol. The van der Waals surface area contributed by atoms with Crippen LogP contribution in [0.5, 0.6) is 0 Å². The monoisotopic (exact) mass is 248 g/mol. The summed E-state index contributed by atoms with van der Waals surface area (Å²) in [6.45, 7) is 3.15. The van der Waals surface area contributed by atoms with Gasteiger partial charge in [-0.1, -0.05) is 0 Å². The quantitative estimate of drug-likeness (QED) is 0.538. The maximum absolute atomic E-state index is 10.9. The Morgan fingerprint density at radius 3 is 2.88 bits per heavy atom. The molecule has 0 radical (unpaired) electrons. The summed E-state index contributed by atoms with van der Waals surface area (Å²) in [6.07, 6.45) is 4.96. The van der Waals surface area contributed by atoms with E-state index in [0.29, 0.717) is 25.2 Å². The maximum Gasteiger partial charge on any atom is 0.149 e. The molecule has 94 valence electrons. The van der Waals surface area contributed by atoms with Gasteiger partial charge in [0.1, 0.15) is 9.84 Å². The molecule has 0 bridgehead atoms. The summed E-state index contributed by atoms with van der Waals surface area (Å²) in [5.41, 5.74) is 0.156. The molecule has 0 N–H and O–H groups in total. The lowest BCUT2D eigenvalue weighted by Crippen LogP contribution is -2.25. The van der Waals surface area contributed by atoms with E-state index in [1.165, 1.54) is 6.26 Å². The molecule has 0 aromatic carbocycles. The molecule has 16 heavy (non-hydrogen) atoms. The molecular weight excluding hydrogens is 228 g/mol. The third kappa shape index (κ3) is 3.18. The second kappa shape index (κ2) is 4.27. The average Bonchev–Trinajstić information content (AvgIpc) is 2.82. The topological polar surface area (TPSA) is 55.9 Å². The zero-order valence-corrected chi connectivity index (χ0v) is 10.8. The summed E-state index contributed by atoms with van der Waals surface area (Å²) in [5, 5.41) is 0. The molecule has 0 amide bonds. The van der Waals surface area contributed by atoms with Gasteiger partial charge in [-0.2, -0.15) is 0 Å². The molecule has 1 saturated heterocycles. The molecule has 2 rings (SSSR count). The normalized spacial score (nSPS) is 38.1. The van der Waals surface area contributed by atoms with E-state index < -0.39 is 9.84 Å². The molecule has 4 nitrogen and oxygen atoms in total. The minimum absolute atomic E-state index is 0.122. The number of rotatable bonds is 5. The van der Waals surface area contributed by atoms with Crippen LogP contribution in [0.1, 0.15) is 26.2 Å². The highest BCUT2D eigenvalue weighted by atomic mass is 32.2. The van der Waals surface area contributed by atoms with Crippen LogP contribution in [0.3, 0.4) is 0 Å². The van der Waals surface area contributed by atoms with Gasteiger partial charge in [-0.15, -0.1) is 0 Å². The zero-order valence-electron chi connectivity index (χ0n) is 9.94. The van der Waals surface area contributed by atoms with Crippen molar-refractivity contribution >= 4 is 9.84 Å². The van der Waals surface area contributed by atoms with Crippen molar-refractivity contribution in [3.63, 3.8) is 0 Å². The Balaban J connectivity index is 1.61. The molecule has 0 aromatic rings. The molecular formula is C11H20O4S. The Hall–Kier alpha value is -0.130. The van der Waals surface area contributed by atoms with Gasteiger partial charge in [-0.3, -0.25) is 0 Å². The van der Waals surface area contributed by atoms with Gasteiger partial charge in [0.05, 0.1) is 24.1 Å². The summed E-state index contributed by atoms with van der Waals surface area (Å²) >= 11 is 0. The van der Waals surface area contributed by atoms with Crippen molar-refractivity contribution in [3.05, 3.63) is 0 Å². The molecule has 0 aromatic heterocycles. The predicted octanol–water partition coefficient (Wildman–Crippen LogP) is 1.01. The Morgan fingerprint density at radius 1 is 1.50 bits per heavy atom. The number of ether oxygens (including phenoxy) is 2. The van der Waals surface area contributed by atoms with Gasteiger partial charge in [-0.05, 0) is 32.1 Å². The van der Waals surface area contributed by atoms with E-state index in [2.05, 4.69) is 6.92 Å². The fourth-order valence-corrected chi connectivity index (χ4v) is 2.75. The second-order valence-corrected chi connectivity index (χ2v) is 7.52. The number of fused-ring (bicyclic) bond motifs is 1. The van der Waals surface area contributed by atoms with Gasteiger partial charge in [0, 0.05) is 12.9 Å². The van der Waals surface area contributed by atoms with Crippen molar-refractivity contribution in [2.24, 2.45) is 5.92 Å². The molecule has 1 heterocycles. The first-order valence-electron chi connectivity index (χ1n) is 5.82. The predicted molar refractivity (Wildman–Crippen MR) is 61.1 cm³/mol. The van der Waals surface area contributed by atoms with Crippen LogP contribution in [0, 0.1) is 5.92 Å². The highest BCUT2D eigenvalue weighted by Gasteiger charge is 2.55. The molecule has 2 fully saturated rings. The fourth-order valence-electron chi connectivity index (χ4n) is 2.33. The van der Waals surface area contributed by atoms with E-state index in [1.54, 1.807) is 0 Å². The number of sulfone groups is 1. The number of hydrogen-bond donors (Lipinski definition) is 0. The van der Waals surface area contributed by atoms with Crippen LogP contribution < -0.4 is 0 Å². The first kappa shape index (κ1) is 12.3. The smallest absolute Gasteiger partial charge is 0.149 e. The van der Waals surface area contributed by atoms with Crippen LogP contribution >= 0.6 is 0 Å². The lowest BCUT2D eigenvalue weighted by Gasteiger charge is -2.22. The Morgan fingerprint density at radius 2 is 2.25 bits per heavy atom. The van der Waals surface area contributed by atoms with Gasteiger partial charge in [-0.25, -0.2) is 8.42 Å². The van der Waals surface area contributed by atoms with Crippen molar-refractivity contribution in [1.82, 2.24) is 0 Å². The Bertz CT molecular complexity index is 351. The number of epoxide rings is 1. The van der Waals surface area contributed by atoms with Gasteiger partial charge in [0.15, 0.2) is 0 Å². The molecule has 1 aliphatic carbocycles. The van der Waals surface area contributed by atoms with Crippen LogP contribution in [0.15, 0.2) is 0 Å². The van der Waals surface area contributed by atoms with Crippen molar-refractivity contribution < 1.29 is 17.9 Å². The molecule has 0 spiro atoms. The first-order chi connectivity index (χ1) is 7.39. The van der Waals surface area contributed by atoms with Crippen LogP contribution in [0.2, 0.25) is 0 Å². The van der Waals surface area contributed by atoms with Crippen LogP contribution in [-0.4, -0.2) is 45.3 Å². The third-order valence-corrected chi connectivity index (χ3v) is 4.49. The first-order valence-corrected chi connectivity index (χ1v) is 7.88.